The zero-order valence-electron chi connectivity index (χ0n) is 15.4. The quantitative estimate of drug-likeness (QED) is 0.720. The summed E-state index contributed by atoms with van der Waals surface area (Å²) in [4.78, 5) is 29.6. The van der Waals surface area contributed by atoms with Crippen molar-refractivity contribution in [1.82, 2.24) is 20.4 Å². The Bertz CT molecular complexity index is 811. The van der Waals surface area contributed by atoms with Gasteiger partial charge in [-0.25, -0.2) is 9.18 Å². The van der Waals surface area contributed by atoms with Crippen molar-refractivity contribution in [3.8, 4) is 5.75 Å². The molecule has 0 aliphatic carbocycles. The molecule has 2 amide bonds. The lowest BCUT2D eigenvalue weighted by atomic mass is 10.2. The predicted octanol–water partition coefficient (Wildman–Crippen LogP) is 2.20. The van der Waals surface area contributed by atoms with Crippen molar-refractivity contribution in [3.05, 3.63) is 41.8 Å². The summed E-state index contributed by atoms with van der Waals surface area (Å²) in [5.74, 6) is 0.253. The molecule has 1 saturated heterocycles. The fourth-order valence-corrected chi connectivity index (χ4v) is 2.88. The lowest BCUT2D eigenvalue weighted by Gasteiger charge is -2.22. The van der Waals surface area contributed by atoms with Gasteiger partial charge in [-0.15, -0.1) is 0 Å². The molecule has 10 heteroatoms. The molecule has 0 spiro atoms. The number of benzene rings is 1. The van der Waals surface area contributed by atoms with Crippen LogP contribution in [-0.2, 0) is 16.1 Å². The average molecular weight is 392 g/mol. The van der Waals surface area contributed by atoms with Crippen LogP contribution in [0.4, 0.5) is 9.18 Å². The number of carbonyl (C=O) groups is 2. The monoisotopic (exact) mass is 392 g/mol. The lowest BCUT2D eigenvalue weighted by molar-refractivity contribution is -0.141. The second-order valence-electron chi connectivity index (χ2n) is 6.10. The van der Waals surface area contributed by atoms with Crippen molar-refractivity contribution in [2.24, 2.45) is 0 Å². The van der Waals surface area contributed by atoms with Gasteiger partial charge in [0.25, 0.3) is 5.89 Å². The number of likely N-dealkylation sites (tertiary alicyclic amines) is 1. The molecule has 2 aromatic rings. The van der Waals surface area contributed by atoms with E-state index in [2.05, 4.69) is 15.5 Å². The number of carbonyl (C=O) groups excluding carboxylic acids is 2. The molecule has 28 heavy (non-hydrogen) atoms. The number of nitrogens with zero attached hydrogens (tertiary/aromatic N) is 3. The van der Waals surface area contributed by atoms with Gasteiger partial charge in [-0.05, 0) is 44.0 Å². The summed E-state index contributed by atoms with van der Waals surface area (Å²) >= 11 is 0. The summed E-state index contributed by atoms with van der Waals surface area (Å²) < 4.78 is 28.4. The number of hydrogen-bond acceptors (Lipinski definition) is 7. The van der Waals surface area contributed by atoms with Crippen LogP contribution in [0.15, 0.2) is 28.8 Å². The highest BCUT2D eigenvalue weighted by Gasteiger charge is 2.33. The van der Waals surface area contributed by atoms with Gasteiger partial charge in [0.1, 0.15) is 18.1 Å². The molecule has 0 bridgehead atoms. The van der Waals surface area contributed by atoms with Gasteiger partial charge in [0.05, 0.1) is 12.6 Å². The van der Waals surface area contributed by atoms with Gasteiger partial charge in [0.15, 0.2) is 12.4 Å². The number of halogens is 1. The summed E-state index contributed by atoms with van der Waals surface area (Å²) in [6.45, 7) is 2.31. The fraction of sp³-hybridized carbons (Fsp3) is 0.444. The molecule has 1 aromatic heterocycles. The Labute approximate surface area is 160 Å². The molecule has 1 aliphatic rings. The molecule has 150 valence electrons. The Morgan fingerprint density at radius 3 is 2.89 bits per heavy atom. The van der Waals surface area contributed by atoms with E-state index in [-0.39, 0.29) is 43.5 Å². The van der Waals surface area contributed by atoms with Gasteiger partial charge in [-0.1, -0.05) is 5.16 Å². The molecule has 0 saturated carbocycles. The van der Waals surface area contributed by atoms with Crippen LogP contribution in [0.1, 0.15) is 37.5 Å². The predicted molar refractivity (Wildman–Crippen MR) is 93.7 cm³/mol. The molecule has 3 rings (SSSR count). The second-order valence-corrected chi connectivity index (χ2v) is 6.10. The van der Waals surface area contributed by atoms with Crippen molar-refractivity contribution in [3.63, 3.8) is 0 Å². The van der Waals surface area contributed by atoms with Crippen LogP contribution in [0.25, 0.3) is 0 Å². The van der Waals surface area contributed by atoms with Crippen LogP contribution in [0.5, 0.6) is 5.75 Å². The molecule has 1 aliphatic heterocycles. The summed E-state index contributed by atoms with van der Waals surface area (Å²) in [7, 11) is 0. The van der Waals surface area contributed by atoms with Crippen molar-refractivity contribution in [2.45, 2.75) is 32.4 Å². The van der Waals surface area contributed by atoms with E-state index in [0.29, 0.717) is 24.5 Å². The molecule has 2 heterocycles. The average Bonchev–Trinajstić information content (AvgIpc) is 3.35. The van der Waals surface area contributed by atoms with E-state index in [1.807, 2.05) is 0 Å². The molecular formula is C18H21FN4O5. The van der Waals surface area contributed by atoms with Crippen LogP contribution in [-0.4, -0.2) is 46.7 Å². The first-order valence-electron chi connectivity index (χ1n) is 8.97. The third-order valence-electron chi connectivity index (χ3n) is 4.16. The molecule has 1 atom stereocenters. The van der Waals surface area contributed by atoms with E-state index in [0.717, 1.165) is 6.42 Å². The maximum Gasteiger partial charge on any atom is 0.325 e. The number of amides is 2. The van der Waals surface area contributed by atoms with Crippen LogP contribution < -0.4 is 10.1 Å². The third kappa shape index (κ3) is 4.96. The highest BCUT2D eigenvalue weighted by Crippen LogP contribution is 2.30. The number of esters is 1. The van der Waals surface area contributed by atoms with Crippen LogP contribution in [0, 0.1) is 5.82 Å². The van der Waals surface area contributed by atoms with Crippen molar-refractivity contribution >= 4 is 12.0 Å². The molecule has 1 unspecified atom stereocenters. The minimum Gasteiger partial charge on any atom is -0.484 e. The first-order chi connectivity index (χ1) is 13.6. The SMILES string of the molecule is CCOC(=O)CNC(=O)N1CCCC1c1noc(COc2ccc(F)cc2)n1. The van der Waals surface area contributed by atoms with E-state index in [1.54, 1.807) is 11.8 Å². The first kappa shape index (κ1) is 19.6. The van der Waals surface area contributed by atoms with Crippen molar-refractivity contribution in [1.29, 1.82) is 0 Å². The summed E-state index contributed by atoms with van der Waals surface area (Å²) in [5, 5.41) is 6.48. The number of ether oxygens (including phenoxy) is 2. The molecule has 1 N–H and O–H groups in total. The first-order valence-corrected chi connectivity index (χ1v) is 8.97. The summed E-state index contributed by atoms with van der Waals surface area (Å²) in [5.41, 5.74) is 0. The van der Waals surface area contributed by atoms with Gasteiger partial charge in [0, 0.05) is 6.54 Å². The number of rotatable bonds is 7. The Kier molecular flexibility index (Phi) is 6.41. The van der Waals surface area contributed by atoms with Gasteiger partial charge in [-0.2, -0.15) is 4.98 Å². The van der Waals surface area contributed by atoms with Gasteiger partial charge >= 0.3 is 12.0 Å². The second kappa shape index (κ2) is 9.16. The largest absolute Gasteiger partial charge is 0.484 e. The number of nitrogens with one attached hydrogen (secondary N) is 1. The summed E-state index contributed by atoms with van der Waals surface area (Å²) in [6, 6.07) is 4.85. The fourth-order valence-electron chi connectivity index (χ4n) is 2.88. The number of aromatic nitrogens is 2. The number of hydrogen-bond donors (Lipinski definition) is 1. The van der Waals surface area contributed by atoms with E-state index in [1.165, 1.54) is 24.3 Å². The molecule has 1 fully saturated rings. The third-order valence-corrected chi connectivity index (χ3v) is 4.16. The standard InChI is InChI=1S/C18H21FN4O5/c1-2-26-16(24)10-20-18(25)23-9-3-4-14(23)17-21-15(28-22-17)11-27-13-7-5-12(19)6-8-13/h5-8,14H,2-4,9-11H2,1H3,(H,20,25). The Balaban J connectivity index is 1.56. The van der Waals surface area contributed by atoms with E-state index in [9.17, 15) is 14.0 Å². The maximum absolute atomic E-state index is 12.9. The molecular weight excluding hydrogens is 371 g/mol. The van der Waals surface area contributed by atoms with E-state index >= 15 is 0 Å². The molecule has 1 aromatic carbocycles. The summed E-state index contributed by atoms with van der Waals surface area (Å²) in [6.07, 6.45) is 1.47. The molecule has 0 radical (unpaired) electrons. The van der Waals surface area contributed by atoms with Crippen LogP contribution >= 0.6 is 0 Å². The Morgan fingerprint density at radius 1 is 1.36 bits per heavy atom. The smallest absolute Gasteiger partial charge is 0.325 e. The molecule has 9 nitrogen and oxygen atoms in total. The van der Waals surface area contributed by atoms with Crippen LogP contribution in [0.3, 0.4) is 0 Å². The topological polar surface area (TPSA) is 107 Å². The Hall–Kier alpha value is -3.17. The minimum absolute atomic E-state index is 0.0282. The zero-order chi connectivity index (χ0) is 19.9. The van der Waals surface area contributed by atoms with E-state index < -0.39 is 5.97 Å². The highest BCUT2D eigenvalue weighted by molar-refractivity contribution is 5.81. The normalized spacial score (nSPS) is 16.1. The maximum atomic E-state index is 12.9. The van der Waals surface area contributed by atoms with E-state index in [4.69, 9.17) is 14.0 Å². The zero-order valence-corrected chi connectivity index (χ0v) is 15.4. The van der Waals surface area contributed by atoms with Crippen LogP contribution in [0.2, 0.25) is 0 Å². The highest BCUT2D eigenvalue weighted by atomic mass is 19.1. The van der Waals surface area contributed by atoms with Gasteiger partial charge in [-0.3, -0.25) is 4.79 Å². The Morgan fingerprint density at radius 2 is 2.14 bits per heavy atom. The van der Waals surface area contributed by atoms with Crippen molar-refractivity contribution in [2.75, 3.05) is 19.7 Å². The van der Waals surface area contributed by atoms with Crippen molar-refractivity contribution < 1.29 is 28.0 Å². The van der Waals surface area contributed by atoms with Gasteiger partial charge in [0.2, 0.25) is 0 Å². The number of urea groups is 1. The lowest BCUT2D eigenvalue weighted by Crippen LogP contribution is -2.42. The minimum atomic E-state index is -0.494. The van der Waals surface area contributed by atoms with Gasteiger partial charge < -0.3 is 24.2 Å².